The van der Waals surface area contributed by atoms with Crippen LogP contribution >= 0.6 is 0 Å². The quantitative estimate of drug-likeness (QED) is 0.435. The summed E-state index contributed by atoms with van der Waals surface area (Å²) in [5, 5.41) is 8.64. The van der Waals surface area contributed by atoms with Gasteiger partial charge in [0.15, 0.2) is 17.3 Å². The van der Waals surface area contributed by atoms with Crippen molar-refractivity contribution >= 4 is 28.7 Å². The first-order valence-electron chi connectivity index (χ1n) is 11.2. The minimum absolute atomic E-state index is 0.264. The summed E-state index contributed by atoms with van der Waals surface area (Å²) in [5.74, 6) is 2.36. The number of hydrogen-bond acceptors (Lipinski definition) is 5. The summed E-state index contributed by atoms with van der Waals surface area (Å²) in [4.78, 5) is 17.6. The number of anilines is 1. The molecule has 0 atom stereocenters. The molecule has 5 rings (SSSR count). The summed E-state index contributed by atoms with van der Waals surface area (Å²) in [6.07, 6.45) is 3.23. The molecule has 0 unspecified atom stereocenters. The van der Waals surface area contributed by atoms with Gasteiger partial charge in [-0.25, -0.2) is 4.98 Å². The highest BCUT2D eigenvalue weighted by atomic mass is 16.6. The zero-order valence-corrected chi connectivity index (χ0v) is 19.7. The van der Waals surface area contributed by atoms with Crippen LogP contribution in [-0.4, -0.2) is 33.9 Å². The molecule has 0 radical (unpaired) electrons. The molecule has 0 aliphatic carbocycles. The van der Waals surface area contributed by atoms with Crippen LogP contribution in [0.3, 0.4) is 0 Å². The highest BCUT2D eigenvalue weighted by Crippen LogP contribution is 2.31. The van der Waals surface area contributed by atoms with E-state index in [-0.39, 0.29) is 5.91 Å². The largest absolute Gasteiger partial charge is 0.486 e. The van der Waals surface area contributed by atoms with E-state index in [1.54, 1.807) is 10.8 Å². The number of ether oxygens (including phenoxy) is 2. The predicted molar refractivity (Wildman–Crippen MR) is 133 cm³/mol. The van der Waals surface area contributed by atoms with Gasteiger partial charge in [0, 0.05) is 17.5 Å². The van der Waals surface area contributed by atoms with Gasteiger partial charge in [-0.2, -0.15) is 9.78 Å². The first-order valence-corrected chi connectivity index (χ1v) is 11.2. The van der Waals surface area contributed by atoms with E-state index >= 15 is 0 Å². The molecule has 1 N–H and O–H groups in total. The lowest BCUT2D eigenvalue weighted by Gasteiger charge is -2.18. The van der Waals surface area contributed by atoms with Gasteiger partial charge in [-0.3, -0.25) is 4.79 Å². The number of pyridine rings is 1. The molecular formula is C27H26N4O3. The smallest absolute Gasteiger partial charge is 0.249 e. The third kappa shape index (κ3) is 4.24. The molecule has 0 bridgehead atoms. The third-order valence-corrected chi connectivity index (χ3v) is 5.73. The van der Waals surface area contributed by atoms with Crippen molar-refractivity contribution in [2.75, 3.05) is 18.5 Å². The second-order valence-corrected chi connectivity index (χ2v) is 8.58. The molecule has 1 aliphatic heterocycles. The number of rotatable bonds is 4. The van der Waals surface area contributed by atoms with E-state index in [1.165, 1.54) is 11.6 Å². The summed E-state index contributed by atoms with van der Waals surface area (Å²) >= 11 is 0. The van der Waals surface area contributed by atoms with E-state index in [0.29, 0.717) is 30.6 Å². The van der Waals surface area contributed by atoms with Crippen LogP contribution in [0.1, 0.15) is 27.9 Å². The zero-order chi connectivity index (χ0) is 23.8. The topological polar surface area (TPSA) is 78.3 Å². The minimum Gasteiger partial charge on any atom is -0.486 e. The highest BCUT2D eigenvalue weighted by molar-refractivity contribution is 6.01. The van der Waals surface area contributed by atoms with E-state index in [4.69, 9.17) is 14.5 Å². The van der Waals surface area contributed by atoms with Crippen LogP contribution in [0.4, 0.5) is 5.82 Å². The van der Waals surface area contributed by atoms with Gasteiger partial charge in [0.25, 0.3) is 0 Å². The lowest BCUT2D eigenvalue weighted by molar-refractivity contribution is -0.111. The number of carbonyl (C=O) groups excluding carboxylic acids is 1. The van der Waals surface area contributed by atoms with Crippen molar-refractivity contribution in [2.45, 2.75) is 27.7 Å². The van der Waals surface area contributed by atoms with Crippen LogP contribution < -0.4 is 14.8 Å². The number of fused-ring (bicyclic) bond motifs is 2. The Bertz CT molecular complexity index is 1450. The maximum absolute atomic E-state index is 12.7. The van der Waals surface area contributed by atoms with Crippen LogP contribution in [-0.2, 0) is 4.79 Å². The second kappa shape index (κ2) is 8.67. The Hall–Kier alpha value is -4.13. The summed E-state index contributed by atoms with van der Waals surface area (Å²) in [6.45, 7) is 9.17. The van der Waals surface area contributed by atoms with Crippen LogP contribution in [0.5, 0.6) is 11.5 Å². The van der Waals surface area contributed by atoms with E-state index in [0.717, 1.165) is 39.0 Å². The molecule has 2 aromatic heterocycles. The Morgan fingerprint density at radius 1 is 0.971 bits per heavy atom. The van der Waals surface area contributed by atoms with Crippen LogP contribution in [0, 0.1) is 27.7 Å². The number of aromatic nitrogens is 3. The standard InChI is InChI=1S/C27H26N4O3/c1-16-11-18(3)27-21(12-16)17(2)13-24(29-27)31-25(14-19(4)30-31)28-26(32)8-6-20-5-7-22-23(15-20)34-10-9-33-22/h5-8,11-15H,9-10H2,1-4H3,(H,28,32)/b8-6-. The third-order valence-electron chi connectivity index (χ3n) is 5.73. The van der Waals surface area contributed by atoms with Crippen LogP contribution in [0.25, 0.3) is 22.8 Å². The molecule has 0 spiro atoms. The van der Waals surface area contributed by atoms with Gasteiger partial charge in [-0.1, -0.05) is 17.7 Å². The molecule has 3 heterocycles. The number of nitrogens with one attached hydrogen (secondary N) is 1. The van der Waals surface area contributed by atoms with Gasteiger partial charge < -0.3 is 14.8 Å². The fourth-order valence-corrected chi connectivity index (χ4v) is 4.20. The van der Waals surface area contributed by atoms with Gasteiger partial charge in [-0.15, -0.1) is 0 Å². The lowest BCUT2D eigenvalue weighted by atomic mass is 10.0. The number of hydrogen-bond donors (Lipinski definition) is 1. The molecule has 0 saturated heterocycles. The zero-order valence-electron chi connectivity index (χ0n) is 19.7. The molecule has 1 aliphatic rings. The Morgan fingerprint density at radius 3 is 2.59 bits per heavy atom. The summed E-state index contributed by atoms with van der Waals surface area (Å²) in [5.41, 5.74) is 5.99. The number of aryl methyl sites for hydroxylation is 4. The van der Waals surface area contributed by atoms with Crippen LogP contribution in [0.2, 0.25) is 0 Å². The van der Waals surface area contributed by atoms with Crippen molar-refractivity contribution in [2.24, 2.45) is 0 Å². The number of carbonyl (C=O) groups is 1. The van der Waals surface area contributed by atoms with E-state index < -0.39 is 0 Å². The summed E-state index contributed by atoms with van der Waals surface area (Å²) in [6, 6.07) is 13.7. The first kappa shape index (κ1) is 21.7. The maximum Gasteiger partial charge on any atom is 0.249 e. The number of benzene rings is 2. The summed E-state index contributed by atoms with van der Waals surface area (Å²) in [7, 11) is 0. The lowest BCUT2D eigenvalue weighted by Crippen LogP contribution is -2.15. The van der Waals surface area contributed by atoms with Crippen molar-refractivity contribution in [3.63, 3.8) is 0 Å². The molecule has 34 heavy (non-hydrogen) atoms. The van der Waals surface area contributed by atoms with Crippen molar-refractivity contribution in [3.05, 3.63) is 76.5 Å². The Labute approximate surface area is 198 Å². The molecule has 7 heteroatoms. The minimum atomic E-state index is -0.264. The van der Waals surface area contributed by atoms with E-state index in [2.05, 4.69) is 43.3 Å². The molecule has 0 saturated carbocycles. The fraction of sp³-hybridized carbons (Fsp3) is 0.222. The first-order chi connectivity index (χ1) is 16.4. The van der Waals surface area contributed by atoms with Crippen molar-refractivity contribution in [3.8, 4) is 17.3 Å². The number of nitrogens with zero attached hydrogens (tertiary/aromatic N) is 3. The average molecular weight is 455 g/mol. The monoisotopic (exact) mass is 454 g/mol. The highest BCUT2D eigenvalue weighted by Gasteiger charge is 2.14. The van der Waals surface area contributed by atoms with Crippen molar-refractivity contribution < 1.29 is 14.3 Å². The van der Waals surface area contributed by atoms with Crippen molar-refractivity contribution in [1.82, 2.24) is 14.8 Å². The molecule has 7 nitrogen and oxygen atoms in total. The van der Waals surface area contributed by atoms with Gasteiger partial charge in [-0.05, 0) is 74.7 Å². The molecule has 0 fully saturated rings. The Balaban J connectivity index is 1.41. The molecule has 172 valence electrons. The van der Waals surface area contributed by atoms with E-state index in [9.17, 15) is 4.79 Å². The number of amides is 1. The van der Waals surface area contributed by atoms with E-state index in [1.807, 2.05) is 37.3 Å². The molecule has 2 aromatic carbocycles. The Morgan fingerprint density at radius 2 is 1.76 bits per heavy atom. The van der Waals surface area contributed by atoms with Crippen LogP contribution in [0.15, 0.2) is 48.5 Å². The molecule has 4 aromatic rings. The van der Waals surface area contributed by atoms with Gasteiger partial charge in [0.2, 0.25) is 5.91 Å². The fourth-order valence-electron chi connectivity index (χ4n) is 4.20. The van der Waals surface area contributed by atoms with Gasteiger partial charge >= 0.3 is 0 Å². The molecule has 1 amide bonds. The summed E-state index contributed by atoms with van der Waals surface area (Å²) < 4.78 is 12.8. The Kier molecular flexibility index (Phi) is 5.53. The predicted octanol–water partition coefficient (Wildman–Crippen LogP) is 5.08. The molecular weight excluding hydrogens is 428 g/mol. The van der Waals surface area contributed by atoms with Gasteiger partial charge in [0.05, 0.1) is 11.2 Å². The SMILES string of the molecule is Cc1cc(C)c2nc(-n3nc(C)cc3NC(=O)/C=C\c3ccc4c(c3)OCCO4)cc(C)c2c1. The second-order valence-electron chi connectivity index (χ2n) is 8.58. The van der Waals surface area contributed by atoms with Crippen molar-refractivity contribution in [1.29, 1.82) is 0 Å². The maximum atomic E-state index is 12.7. The van der Waals surface area contributed by atoms with Gasteiger partial charge in [0.1, 0.15) is 19.0 Å². The average Bonchev–Trinajstić information content (AvgIpc) is 3.18. The normalized spacial score (nSPS) is 12.9.